The van der Waals surface area contributed by atoms with Crippen LogP contribution in [0, 0.1) is 0 Å². The van der Waals surface area contributed by atoms with Crippen molar-refractivity contribution >= 4 is 39.9 Å². The molecule has 0 atom stereocenters. The third-order valence-electron chi connectivity index (χ3n) is 5.43. The van der Waals surface area contributed by atoms with Gasteiger partial charge in [0.2, 0.25) is 0 Å². The highest BCUT2D eigenvalue weighted by atomic mass is 35.5. The highest BCUT2D eigenvalue weighted by Gasteiger charge is 2.26. The van der Waals surface area contributed by atoms with Crippen molar-refractivity contribution in [3.05, 3.63) is 67.5 Å². The first-order valence-corrected chi connectivity index (χ1v) is 9.80. The minimum absolute atomic E-state index is 0.216. The number of halogens is 2. The molecule has 1 aromatic heterocycles. The van der Waals surface area contributed by atoms with E-state index in [9.17, 15) is 4.79 Å². The van der Waals surface area contributed by atoms with Crippen LogP contribution in [0.5, 0.6) is 5.75 Å². The maximum Gasteiger partial charge on any atom is 0.339 e. The summed E-state index contributed by atoms with van der Waals surface area (Å²) in [6.45, 7) is 0.921. The summed E-state index contributed by atoms with van der Waals surface area (Å²) < 4.78 is 11.7. The maximum atomic E-state index is 12.5. The topological polar surface area (TPSA) is 42.7 Å². The predicted molar refractivity (Wildman–Crippen MR) is 107 cm³/mol. The van der Waals surface area contributed by atoms with Crippen molar-refractivity contribution in [2.24, 2.45) is 0 Å². The van der Waals surface area contributed by atoms with Gasteiger partial charge in [0, 0.05) is 16.0 Å². The van der Waals surface area contributed by atoms with Crippen LogP contribution in [0.2, 0.25) is 10.0 Å². The monoisotopic (exact) mass is 401 g/mol. The van der Waals surface area contributed by atoms with Crippen molar-refractivity contribution in [2.45, 2.75) is 32.2 Å². The van der Waals surface area contributed by atoms with Gasteiger partial charge in [0.15, 0.2) is 6.73 Å². The molecule has 0 N–H and O–H groups in total. The van der Waals surface area contributed by atoms with Gasteiger partial charge < -0.3 is 14.1 Å². The lowest BCUT2D eigenvalue weighted by Crippen LogP contribution is -2.32. The molecule has 5 rings (SSSR count). The Morgan fingerprint density at radius 2 is 1.78 bits per heavy atom. The first kappa shape index (κ1) is 17.0. The zero-order valence-electron chi connectivity index (χ0n) is 14.6. The number of hydrogen-bond acceptors (Lipinski definition) is 4. The van der Waals surface area contributed by atoms with Gasteiger partial charge in [0.1, 0.15) is 11.3 Å². The summed E-state index contributed by atoms with van der Waals surface area (Å²) >= 11 is 12.4. The molecule has 2 heterocycles. The molecule has 4 nitrogen and oxygen atoms in total. The first-order chi connectivity index (χ1) is 13.1. The molecule has 27 heavy (non-hydrogen) atoms. The number of nitrogens with zero attached hydrogens (tertiary/aromatic N) is 1. The van der Waals surface area contributed by atoms with Crippen molar-refractivity contribution in [2.75, 3.05) is 11.6 Å². The Balaban J connectivity index is 1.65. The minimum Gasteiger partial charge on any atom is -0.473 e. The van der Waals surface area contributed by atoms with Gasteiger partial charge in [-0.15, -0.1) is 0 Å². The van der Waals surface area contributed by atoms with E-state index >= 15 is 0 Å². The Hall–Kier alpha value is -2.17. The molecule has 138 valence electrons. The zero-order chi connectivity index (χ0) is 18.5. The van der Waals surface area contributed by atoms with E-state index < -0.39 is 0 Å². The van der Waals surface area contributed by atoms with Gasteiger partial charge in [-0.1, -0.05) is 23.2 Å². The van der Waals surface area contributed by atoms with Gasteiger partial charge in [-0.2, -0.15) is 0 Å². The van der Waals surface area contributed by atoms with Crippen LogP contribution >= 0.6 is 23.2 Å². The molecular formula is C21H17Cl2NO3. The summed E-state index contributed by atoms with van der Waals surface area (Å²) in [5.41, 5.74) is 4.11. The normalized spacial score (nSPS) is 16.0. The average Bonchev–Trinajstić information content (AvgIpc) is 2.68. The van der Waals surface area contributed by atoms with E-state index in [1.165, 1.54) is 0 Å². The first-order valence-electron chi connectivity index (χ1n) is 9.05. The summed E-state index contributed by atoms with van der Waals surface area (Å²) in [5.74, 6) is 0.753. The zero-order valence-corrected chi connectivity index (χ0v) is 16.1. The van der Waals surface area contributed by atoms with E-state index in [1.54, 1.807) is 12.1 Å². The lowest BCUT2D eigenvalue weighted by molar-refractivity contribution is 0.289. The molecule has 0 radical (unpaired) electrons. The molecule has 6 heteroatoms. The van der Waals surface area contributed by atoms with Crippen molar-refractivity contribution in [1.82, 2.24) is 0 Å². The number of hydrogen-bond donors (Lipinski definition) is 0. The number of ether oxygens (including phenoxy) is 1. The molecule has 1 aliphatic heterocycles. The molecule has 1 aliphatic carbocycles. The molecule has 0 saturated carbocycles. The molecule has 0 spiro atoms. The van der Waals surface area contributed by atoms with E-state index in [1.807, 2.05) is 23.1 Å². The van der Waals surface area contributed by atoms with Crippen LogP contribution in [0.4, 0.5) is 5.69 Å². The molecule has 0 bridgehead atoms. The largest absolute Gasteiger partial charge is 0.473 e. The Morgan fingerprint density at radius 1 is 0.963 bits per heavy atom. The Bertz CT molecular complexity index is 1120. The van der Waals surface area contributed by atoms with Crippen LogP contribution in [0.1, 0.15) is 29.5 Å². The maximum absolute atomic E-state index is 12.5. The van der Waals surface area contributed by atoms with Crippen LogP contribution in [0.15, 0.2) is 39.5 Å². The summed E-state index contributed by atoms with van der Waals surface area (Å²) in [5, 5.41) is 2.18. The number of benzene rings is 2. The van der Waals surface area contributed by atoms with Gasteiger partial charge in [-0.05, 0) is 61.6 Å². The van der Waals surface area contributed by atoms with Crippen LogP contribution in [0.25, 0.3) is 11.0 Å². The van der Waals surface area contributed by atoms with Crippen molar-refractivity contribution in [1.29, 1.82) is 0 Å². The SMILES string of the molecule is O=c1oc2c3c(ccc2c2c1CCCC2)OCN(c1ccc(Cl)cc1Cl)C3. The standard InChI is InChI=1S/C21H17Cl2NO3/c22-12-5-7-18(17(23)9-12)24-10-16-19(26-11-24)8-6-14-13-3-1-2-4-15(13)21(25)27-20(14)16/h5-9H,1-4,10-11H2. The third-order valence-corrected chi connectivity index (χ3v) is 5.96. The van der Waals surface area contributed by atoms with E-state index in [-0.39, 0.29) is 5.63 Å². The van der Waals surface area contributed by atoms with E-state index in [0.717, 1.165) is 59.2 Å². The fourth-order valence-corrected chi connectivity index (χ4v) is 4.64. The van der Waals surface area contributed by atoms with E-state index in [4.69, 9.17) is 32.4 Å². The summed E-state index contributed by atoms with van der Waals surface area (Å²) in [6.07, 6.45) is 3.86. The Labute approximate surface area is 166 Å². The second-order valence-electron chi connectivity index (χ2n) is 7.04. The highest BCUT2D eigenvalue weighted by Crippen LogP contribution is 2.38. The number of aryl methyl sites for hydroxylation is 1. The molecule has 2 aliphatic rings. The highest BCUT2D eigenvalue weighted by molar-refractivity contribution is 6.36. The van der Waals surface area contributed by atoms with Gasteiger partial charge >= 0.3 is 5.63 Å². The average molecular weight is 402 g/mol. The molecule has 0 unspecified atom stereocenters. The molecule has 3 aromatic rings. The van der Waals surface area contributed by atoms with Gasteiger partial charge in [0.05, 0.1) is 22.8 Å². The smallest absolute Gasteiger partial charge is 0.339 e. The van der Waals surface area contributed by atoms with E-state index in [0.29, 0.717) is 28.9 Å². The Kier molecular flexibility index (Phi) is 4.06. The number of anilines is 1. The van der Waals surface area contributed by atoms with E-state index in [2.05, 4.69) is 0 Å². The fraction of sp³-hybridized carbons (Fsp3) is 0.286. The third kappa shape index (κ3) is 2.79. The molecule has 0 amide bonds. The lowest BCUT2D eigenvalue weighted by atomic mass is 9.90. The Morgan fingerprint density at radius 3 is 2.59 bits per heavy atom. The molecular weight excluding hydrogens is 385 g/mol. The van der Waals surface area contributed by atoms with Crippen LogP contribution in [-0.2, 0) is 19.4 Å². The quantitative estimate of drug-likeness (QED) is 0.516. The minimum atomic E-state index is -0.216. The fourth-order valence-electron chi connectivity index (χ4n) is 4.11. The lowest BCUT2D eigenvalue weighted by Gasteiger charge is -2.32. The van der Waals surface area contributed by atoms with Crippen LogP contribution in [-0.4, -0.2) is 6.73 Å². The summed E-state index contributed by atoms with van der Waals surface area (Å²) in [7, 11) is 0. The summed E-state index contributed by atoms with van der Waals surface area (Å²) in [4.78, 5) is 14.6. The van der Waals surface area contributed by atoms with Crippen molar-refractivity contribution in [3.63, 3.8) is 0 Å². The molecule has 0 saturated heterocycles. The van der Waals surface area contributed by atoms with Crippen molar-refractivity contribution < 1.29 is 9.15 Å². The van der Waals surface area contributed by atoms with Crippen molar-refractivity contribution in [3.8, 4) is 5.75 Å². The second-order valence-corrected chi connectivity index (χ2v) is 7.88. The molecule has 0 fully saturated rings. The van der Waals surface area contributed by atoms with Crippen LogP contribution < -0.4 is 15.3 Å². The van der Waals surface area contributed by atoms with Crippen LogP contribution in [0.3, 0.4) is 0 Å². The summed E-state index contributed by atoms with van der Waals surface area (Å²) in [6, 6.07) is 9.40. The number of fused-ring (bicyclic) bond motifs is 5. The van der Waals surface area contributed by atoms with Gasteiger partial charge in [-0.25, -0.2) is 4.79 Å². The van der Waals surface area contributed by atoms with Gasteiger partial charge in [-0.3, -0.25) is 0 Å². The second kappa shape index (κ2) is 6.47. The predicted octanol–water partition coefficient (Wildman–Crippen LogP) is 5.34. The van der Waals surface area contributed by atoms with Gasteiger partial charge in [0.25, 0.3) is 0 Å². The molecule has 2 aromatic carbocycles. The number of rotatable bonds is 1.